The number of nitrogens with zero attached hydrogens (tertiary/aromatic N) is 3. The molecule has 0 unspecified atom stereocenters. The van der Waals surface area contributed by atoms with E-state index < -0.39 is 5.60 Å². The minimum Gasteiger partial charge on any atom is -0.384 e. The van der Waals surface area contributed by atoms with E-state index in [4.69, 9.17) is 33.2 Å². The Kier molecular flexibility index (Phi) is 6.53. The van der Waals surface area contributed by atoms with Crippen molar-refractivity contribution in [3.8, 4) is 0 Å². The number of aliphatic hydroxyl groups is 1. The van der Waals surface area contributed by atoms with Gasteiger partial charge in [0.25, 0.3) is 0 Å². The molecule has 2 aliphatic rings. The molecule has 1 aliphatic heterocycles. The number of halogens is 2. The topological polar surface area (TPSA) is 49.2 Å². The van der Waals surface area contributed by atoms with Gasteiger partial charge in [-0.2, -0.15) is 0 Å². The predicted octanol–water partition coefficient (Wildman–Crippen LogP) is 6.88. The fourth-order valence-corrected chi connectivity index (χ4v) is 6.46. The van der Waals surface area contributed by atoms with E-state index in [2.05, 4.69) is 11.8 Å². The summed E-state index contributed by atoms with van der Waals surface area (Å²) in [5.74, 6) is 1.62. The Hall–Kier alpha value is -1.01. The van der Waals surface area contributed by atoms with Gasteiger partial charge in [-0.05, 0) is 63.5 Å². The molecule has 7 heteroatoms. The van der Waals surface area contributed by atoms with Gasteiger partial charge in [0.1, 0.15) is 16.3 Å². The van der Waals surface area contributed by atoms with Crippen molar-refractivity contribution in [3.63, 3.8) is 0 Å². The van der Waals surface area contributed by atoms with E-state index in [1.807, 2.05) is 19.1 Å². The molecule has 1 saturated heterocycles. The SMILES string of the molecule is Cc1nc(N2CCC3(CCC[C@H]3C)CC2)c(C(C)(C)O)nc1Sc1cccc(Cl)c1Cl. The Bertz CT molecular complexity index is 968. The minimum absolute atomic E-state index is 0.493. The van der Waals surface area contributed by atoms with Crippen LogP contribution in [0.15, 0.2) is 28.1 Å². The van der Waals surface area contributed by atoms with Gasteiger partial charge in [0, 0.05) is 18.0 Å². The lowest BCUT2D eigenvalue weighted by atomic mass is 9.71. The normalized spacial score (nSPS) is 21.1. The smallest absolute Gasteiger partial charge is 0.153 e. The molecule has 1 atom stereocenters. The molecule has 0 amide bonds. The standard InChI is InChI=1S/C24H31Cl2N3OS/c1-15-7-6-10-24(15)11-13-29(14-12-24)21-20(23(3,4)30)28-22(16(2)27-21)31-18-9-5-8-17(25)19(18)26/h5,8-9,15,30H,6-7,10-14H2,1-4H3/t15-/m1/s1. The molecule has 1 N–H and O–H groups in total. The number of benzene rings is 1. The summed E-state index contributed by atoms with van der Waals surface area (Å²) in [5, 5.41) is 12.7. The van der Waals surface area contributed by atoms with Crippen LogP contribution in [-0.4, -0.2) is 28.2 Å². The molecule has 4 nitrogen and oxygen atoms in total. The van der Waals surface area contributed by atoms with Gasteiger partial charge in [0.15, 0.2) is 5.82 Å². The van der Waals surface area contributed by atoms with Crippen LogP contribution in [0.25, 0.3) is 0 Å². The van der Waals surface area contributed by atoms with Crippen LogP contribution < -0.4 is 4.90 Å². The van der Waals surface area contributed by atoms with Crippen LogP contribution in [0.5, 0.6) is 0 Å². The molecule has 1 aliphatic carbocycles. The summed E-state index contributed by atoms with van der Waals surface area (Å²) < 4.78 is 0. The molecule has 2 heterocycles. The van der Waals surface area contributed by atoms with Crippen molar-refractivity contribution in [1.82, 2.24) is 9.97 Å². The van der Waals surface area contributed by atoms with E-state index in [9.17, 15) is 5.11 Å². The first kappa shape index (κ1) is 23.2. The van der Waals surface area contributed by atoms with E-state index >= 15 is 0 Å². The zero-order valence-corrected chi connectivity index (χ0v) is 21.0. The van der Waals surface area contributed by atoms with Crippen LogP contribution in [0.4, 0.5) is 5.82 Å². The number of rotatable bonds is 4. The molecule has 31 heavy (non-hydrogen) atoms. The van der Waals surface area contributed by atoms with Crippen LogP contribution in [0.2, 0.25) is 10.0 Å². The summed E-state index contributed by atoms with van der Waals surface area (Å²) in [4.78, 5) is 13.0. The Morgan fingerprint density at radius 3 is 2.48 bits per heavy atom. The van der Waals surface area contributed by atoms with Gasteiger partial charge in [-0.1, -0.05) is 60.8 Å². The predicted molar refractivity (Wildman–Crippen MR) is 129 cm³/mol. The Labute approximate surface area is 199 Å². The Balaban J connectivity index is 1.64. The molecule has 2 aromatic rings. The minimum atomic E-state index is -1.10. The highest BCUT2D eigenvalue weighted by Gasteiger charge is 2.43. The summed E-state index contributed by atoms with van der Waals surface area (Å²) in [7, 11) is 0. The average Bonchev–Trinajstić information content (AvgIpc) is 3.06. The van der Waals surface area contributed by atoms with Gasteiger partial charge in [-0.15, -0.1) is 0 Å². The lowest BCUT2D eigenvalue weighted by Gasteiger charge is -2.43. The number of aromatic nitrogens is 2. The van der Waals surface area contributed by atoms with Crippen molar-refractivity contribution >= 4 is 40.8 Å². The zero-order valence-electron chi connectivity index (χ0n) is 18.7. The second kappa shape index (κ2) is 8.74. The lowest BCUT2D eigenvalue weighted by Crippen LogP contribution is -2.43. The van der Waals surface area contributed by atoms with Crippen molar-refractivity contribution in [3.05, 3.63) is 39.6 Å². The highest BCUT2D eigenvalue weighted by atomic mass is 35.5. The number of anilines is 1. The summed E-state index contributed by atoms with van der Waals surface area (Å²) in [6.07, 6.45) is 6.43. The van der Waals surface area contributed by atoms with E-state index in [0.29, 0.717) is 21.2 Å². The van der Waals surface area contributed by atoms with Crippen LogP contribution >= 0.6 is 35.0 Å². The highest BCUT2D eigenvalue weighted by molar-refractivity contribution is 7.99. The van der Waals surface area contributed by atoms with Crippen molar-refractivity contribution < 1.29 is 5.11 Å². The van der Waals surface area contributed by atoms with E-state index in [0.717, 1.165) is 40.4 Å². The quantitative estimate of drug-likeness (QED) is 0.517. The van der Waals surface area contributed by atoms with E-state index in [1.54, 1.807) is 19.9 Å². The first-order valence-electron chi connectivity index (χ1n) is 11.1. The molecule has 2 fully saturated rings. The molecule has 1 aromatic heterocycles. The van der Waals surface area contributed by atoms with Crippen LogP contribution in [-0.2, 0) is 5.60 Å². The zero-order chi connectivity index (χ0) is 22.4. The summed E-state index contributed by atoms with van der Waals surface area (Å²) >= 11 is 14.0. The lowest BCUT2D eigenvalue weighted by molar-refractivity contribution is 0.0728. The fourth-order valence-electron chi connectivity index (χ4n) is 5.11. The maximum atomic E-state index is 10.9. The van der Waals surface area contributed by atoms with Crippen molar-refractivity contribution in [2.45, 2.75) is 75.3 Å². The number of hydrogen-bond acceptors (Lipinski definition) is 5. The fraction of sp³-hybridized carbons (Fsp3) is 0.583. The first-order chi connectivity index (χ1) is 14.6. The molecule has 0 radical (unpaired) electrons. The Morgan fingerprint density at radius 2 is 1.87 bits per heavy atom. The molecular weight excluding hydrogens is 449 g/mol. The first-order valence-corrected chi connectivity index (χ1v) is 12.7. The maximum absolute atomic E-state index is 10.9. The molecule has 1 aromatic carbocycles. The number of hydrogen-bond donors (Lipinski definition) is 1. The molecule has 0 bridgehead atoms. The van der Waals surface area contributed by atoms with Gasteiger partial charge < -0.3 is 10.0 Å². The second-order valence-corrected chi connectivity index (χ2v) is 11.5. The third-order valence-corrected chi connectivity index (χ3v) is 9.20. The van der Waals surface area contributed by atoms with Gasteiger partial charge in [0.05, 0.1) is 15.7 Å². The van der Waals surface area contributed by atoms with E-state index in [1.165, 1.54) is 43.9 Å². The highest BCUT2D eigenvalue weighted by Crippen LogP contribution is 2.51. The van der Waals surface area contributed by atoms with Gasteiger partial charge in [-0.3, -0.25) is 0 Å². The van der Waals surface area contributed by atoms with Crippen molar-refractivity contribution in [1.29, 1.82) is 0 Å². The van der Waals surface area contributed by atoms with Crippen LogP contribution in [0.3, 0.4) is 0 Å². The van der Waals surface area contributed by atoms with Gasteiger partial charge in [-0.25, -0.2) is 9.97 Å². The second-order valence-electron chi connectivity index (χ2n) is 9.64. The summed E-state index contributed by atoms with van der Waals surface area (Å²) in [5.41, 5.74) is 0.847. The van der Waals surface area contributed by atoms with Crippen molar-refractivity contribution in [2.75, 3.05) is 18.0 Å². The van der Waals surface area contributed by atoms with E-state index in [-0.39, 0.29) is 0 Å². The molecular formula is C24H31Cl2N3OS. The molecule has 1 saturated carbocycles. The number of aryl methyl sites for hydroxylation is 1. The largest absolute Gasteiger partial charge is 0.384 e. The van der Waals surface area contributed by atoms with Gasteiger partial charge >= 0.3 is 0 Å². The average molecular weight is 481 g/mol. The summed E-state index contributed by atoms with van der Waals surface area (Å²) in [6.45, 7) is 9.88. The van der Waals surface area contributed by atoms with Gasteiger partial charge in [0.2, 0.25) is 0 Å². The monoisotopic (exact) mass is 479 g/mol. The van der Waals surface area contributed by atoms with Crippen LogP contribution in [0, 0.1) is 18.3 Å². The molecule has 168 valence electrons. The number of piperidine rings is 1. The third-order valence-electron chi connectivity index (χ3n) is 7.13. The molecule has 1 spiro atoms. The van der Waals surface area contributed by atoms with Crippen LogP contribution in [0.1, 0.15) is 64.3 Å². The maximum Gasteiger partial charge on any atom is 0.153 e. The third kappa shape index (κ3) is 4.57. The summed E-state index contributed by atoms with van der Waals surface area (Å²) in [6, 6.07) is 5.56. The van der Waals surface area contributed by atoms with Crippen molar-refractivity contribution in [2.24, 2.45) is 11.3 Å². The molecule has 4 rings (SSSR count). The Morgan fingerprint density at radius 1 is 1.16 bits per heavy atom.